The van der Waals surface area contributed by atoms with Crippen molar-refractivity contribution in [2.45, 2.75) is 31.3 Å². The van der Waals surface area contributed by atoms with Gasteiger partial charge in [0.1, 0.15) is 5.75 Å². The zero-order valence-electron chi connectivity index (χ0n) is 11.1. The molecule has 21 heavy (non-hydrogen) atoms. The number of benzene rings is 1. The van der Waals surface area contributed by atoms with Gasteiger partial charge in [-0.2, -0.15) is 0 Å². The third kappa shape index (κ3) is 2.97. The maximum atomic E-state index is 12.5. The predicted octanol–water partition coefficient (Wildman–Crippen LogP) is 2.59. The maximum absolute atomic E-state index is 12.5. The summed E-state index contributed by atoms with van der Waals surface area (Å²) in [4.78, 5) is 14.3. The molecule has 2 aliphatic heterocycles. The Kier molecular flexibility index (Phi) is 3.52. The molecule has 4 nitrogen and oxygen atoms in total. The van der Waals surface area contributed by atoms with E-state index in [1.54, 1.807) is 4.90 Å². The number of amides is 1. The number of carbonyl (C=O) groups excluding carboxylic acids is 1. The van der Waals surface area contributed by atoms with Crippen molar-refractivity contribution in [1.82, 2.24) is 4.90 Å². The monoisotopic (exact) mass is 301 g/mol. The van der Waals surface area contributed by atoms with Crippen LogP contribution in [0.4, 0.5) is 13.2 Å². The molecule has 0 radical (unpaired) electrons. The van der Waals surface area contributed by atoms with E-state index in [4.69, 9.17) is 4.74 Å². The van der Waals surface area contributed by atoms with Crippen LogP contribution >= 0.6 is 0 Å². The van der Waals surface area contributed by atoms with Gasteiger partial charge in [0.05, 0.1) is 25.3 Å². The highest BCUT2D eigenvalue weighted by Gasteiger charge is 2.40. The molecule has 0 N–H and O–H groups in total. The Morgan fingerprint density at radius 1 is 1.14 bits per heavy atom. The quantitative estimate of drug-likeness (QED) is 0.843. The van der Waals surface area contributed by atoms with Crippen molar-refractivity contribution in [3.63, 3.8) is 0 Å². The summed E-state index contributed by atoms with van der Waals surface area (Å²) in [6, 6.07) is 5.17. The van der Waals surface area contributed by atoms with Crippen molar-refractivity contribution >= 4 is 5.91 Å². The predicted molar refractivity (Wildman–Crippen MR) is 66.9 cm³/mol. The second-order valence-electron chi connectivity index (χ2n) is 5.21. The van der Waals surface area contributed by atoms with Crippen molar-refractivity contribution in [3.8, 4) is 5.75 Å². The van der Waals surface area contributed by atoms with E-state index < -0.39 is 6.36 Å². The summed E-state index contributed by atoms with van der Waals surface area (Å²) in [7, 11) is 0. The van der Waals surface area contributed by atoms with Crippen LogP contribution < -0.4 is 4.74 Å². The van der Waals surface area contributed by atoms with E-state index in [-0.39, 0.29) is 23.7 Å². The van der Waals surface area contributed by atoms with Crippen LogP contribution in [0, 0.1) is 0 Å². The summed E-state index contributed by atoms with van der Waals surface area (Å²) >= 11 is 0. The Labute approximate surface area is 119 Å². The number of nitrogens with zero attached hydrogens (tertiary/aromatic N) is 1. The number of hydrogen-bond acceptors (Lipinski definition) is 3. The fourth-order valence-electron chi connectivity index (χ4n) is 2.91. The molecule has 1 amide bonds. The zero-order chi connectivity index (χ0) is 15.0. The lowest BCUT2D eigenvalue weighted by molar-refractivity contribution is -0.274. The van der Waals surface area contributed by atoms with Crippen molar-refractivity contribution < 1.29 is 27.4 Å². The van der Waals surface area contributed by atoms with E-state index in [0.717, 1.165) is 25.0 Å². The average molecular weight is 301 g/mol. The second-order valence-corrected chi connectivity index (χ2v) is 5.21. The Bertz CT molecular complexity index is 513. The van der Waals surface area contributed by atoms with Crippen molar-refractivity contribution in [2.24, 2.45) is 0 Å². The molecule has 0 aliphatic carbocycles. The highest BCUT2D eigenvalue weighted by Crippen LogP contribution is 2.31. The van der Waals surface area contributed by atoms with Gasteiger partial charge < -0.3 is 14.4 Å². The van der Waals surface area contributed by atoms with Crippen LogP contribution in [0.5, 0.6) is 5.75 Å². The fraction of sp³-hybridized carbons (Fsp3) is 0.500. The molecule has 1 aromatic rings. The van der Waals surface area contributed by atoms with E-state index >= 15 is 0 Å². The number of alkyl halides is 3. The molecule has 0 spiro atoms. The topological polar surface area (TPSA) is 38.8 Å². The van der Waals surface area contributed by atoms with Gasteiger partial charge in [0.15, 0.2) is 0 Å². The van der Waals surface area contributed by atoms with Gasteiger partial charge in [0.25, 0.3) is 5.91 Å². The third-order valence-electron chi connectivity index (χ3n) is 3.81. The minimum atomic E-state index is -4.73. The number of morpholine rings is 1. The van der Waals surface area contributed by atoms with Gasteiger partial charge in [-0.1, -0.05) is 0 Å². The first-order chi connectivity index (χ1) is 9.94. The summed E-state index contributed by atoms with van der Waals surface area (Å²) in [5, 5.41) is 0. The molecular weight excluding hydrogens is 287 g/mol. The SMILES string of the molecule is O=C(c1ccc(OC(F)(F)F)cc1)N1[C@@H]2CC[C@H]1COC2. The molecule has 2 fully saturated rings. The lowest BCUT2D eigenvalue weighted by Crippen LogP contribution is -2.49. The highest BCUT2D eigenvalue weighted by atomic mass is 19.4. The van der Waals surface area contributed by atoms with Crippen LogP contribution in [0.15, 0.2) is 24.3 Å². The summed E-state index contributed by atoms with van der Waals surface area (Å²) in [5.74, 6) is -0.492. The van der Waals surface area contributed by atoms with Gasteiger partial charge in [0, 0.05) is 5.56 Å². The van der Waals surface area contributed by atoms with Gasteiger partial charge in [0.2, 0.25) is 0 Å². The Balaban J connectivity index is 1.73. The standard InChI is InChI=1S/C14H14F3NO3/c15-14(16,17)21-12-5-1-9(2-6-12)13(19)18-10-3-4-11(18)8-20-7-10/h1-2,5-6,10-11H,3-4,7-8H2/t10-,11+. The second kappa shape index (κ2) is 5.22. The molecule has 2 bridgehead atoms. The first-order valence-electron chi connectivity index (χ1n) is 6.70. The third-order valence-corrected chi connectivity index (χ3v) is 3.81. The van der Waals surface area contributed by atoms with E-state index in [9.17, 15) is 18.0 Å². The molecule has 1 aromatic carbocycles. The summed E-state index contributed by atoms with van der Waals surface area (Å²) in [6.45, 7) is 1.05. The summed E-state index contributed by atoms with van der Waals surface area (Å²) < 4.78 is 45.5. The summed E-state index contributed by atoms with van der Waals surface area (Å²) in [6.07, 6.45) is -2.91. The van der Waals surface area contributed by atoms with Crippen molar-refractivity contribution in [3.05, 3.63) is 29.8 Å². The highest BCUT2D eigenvalue weighted by molar-refractivity contribution is 5.95. The van der Waals surface area contributed by atoms with E-state index in [2.05, 4.69) is 4.74 Å². The van der Waals surface area contributed by atoms with Crippen LogP contribution in [0.1, 0.15) is 23.2 Å². The Morgan fingerprint density at radius 2 is 1.71 bits per heavy atom. The number of fused-ring (bicyclic) bond motifs is 2. The maximum Gasteiger partial charge on any atom is 0.573 e. The van der Waals surface area contributed by atoms with Crippen LogP contribution in [0.3, 0.4) is 0 Å². The molecule has 2 aliphatic rings. The van der Waals surface area contributed by atoms with Crippen molar-refractivity contribution in [2.75, 3.05) is 13.2 Å². The first kappa shape index (κ1) is 14.2. The minimum absolute atomic E-state index is 0.0716. The van der Waals surface area contributed by atoms with Crippen LogP contribution in [0.2, 0.25) is 0 Å². The van der Waals surface area contributed by atoms with E-state index in [1.807, 2.05) is 0 Å². The van der Waals surface area contributed by atoms with Gasteiger partial charge in [-0.3, -0.25) is 4.79 Å². The molecule has 0 unspecified atom stereocenters. The van der Waals surface area contributed by atoms with E-state index in [1.165, 1.54) is 12.1 Å². The molecule has 2 heterocycles. The molecule has 2 saturated heterocycles. The molecule has 7 heteroatoms. The number of hydrogen-bond donors (Lipinski definition) is 0. The molecule has 3 rings (SSSR count). The van der Waals surface area contributed by atoms with Crippen LogP contribution in [-0.4, -0.2) is 42.5 Å². The van der Waals surface area contributed by atoms with E-state index in [0.29, 0.717) is 18.8 Å². The molecule has 114 valence electrons. The van der Waals surface area contributed by atoms with Gasteiger partial charge >= 0.3 is 6.36 Å². The number of rotatable bonds is 2. The number of ether oxygens (including phenoxy) is 2. The largest absolute Gasteiger partial charge is 0.573 e. The molecular formula is C14H14F3NO3. The van der Waals surface area contributed by atoms with Crippen molar-refractivity contribution in [1.29, 1.82) is 0 Å². The fourth-order valence-corrected chi connectivity index (χ4v) is 2.91. The first-order valence-corrected chi connectivity index (χ1v) is 6.70. The molecule has 2 atom stereocenters. The Hall–Kier alpha value is -1.76. The van der Waals surface area contributed by atoms with Gasteiger partial charge in [-0.25, -0.2) is 0 Å². The number of carbonyl (C=O) groups is 1. The molecule has 0 aromatic heterocycles. The zero-order valence-corrected chi connectivity index (χ0v) is 11.1. The lowest BCUT2D eigenvalue weighted by atomic mass is 10.1. The molecule has 0 saturated carbocycles. The van der Waals surface area contributed by atoms with Gasteiger partial charge in [-0.15, -0.1) is 13.2 Å². The van der Waals surface area contributed by atoms with Crippen LogP contribution in [-0.2, 0) is 4.74 Å². The summed E-state index contributed by atoms with van der Waals surface area (Å²) in [5.41, 5.74) is 0.364. The average Bonchev–Trinajstić information content (AvgIpc) is 2.66. The Morgan fingerprint density at radius 3 is 2.24 bits per heavy atom. The lowest BCUT2D eigenvalue weighted by Gasteiger charge is -2.34. The van der Waals surface area contributed by atoms with Gasteiger partial charge in [-0.05, 0) is 37.1 Å². The minimum Gasteiger partial charge on any atom is -0.406 e. The normalized spacial score (nSPS) is 25.0. The smallest absolute Gasteiger partial charge is 0.406 e. The van der Waals surface area contributed by atoms with Crippen LogP contribution in [0.25, 0.3) is 0 Å². The number of halogens is 3.